The zero-order valence-corrected chi connectivity index (χ0v) is 16.9. The van der Waals surface area contributed by atoms with Crippen molar-refractivity contribution >= 4 is 34.3 Å². The van der Waals surface area contributed by atoms with E-state index in [1.54, 1.807) is 12.1 Å². The molecule has 0 spiro atoms. The third kappa shape index (κ3) is 4.94. The summed E-state index contributed by atoms with van der Waals surface area (Å²) in [6.45, 7) is 2.31. The maximum atomic E-state index is 13.9. The highest BCUT2D eigenvalue weighted by Crippen LogP contribution is 2.32. The van der Waals surface area contributed by atoms with E-state index in [0.717, 1.165) is 16.7 Å². The molecule has 164 valence electrons. The summed E-state index contributed by atoms with van der Waals surface area (Å²) >= 11 is 5.99. The lowest BCUT2D eigenvalue weighted by Crippen LogP contribution is -2.49. The van der Waals surface area contributed by atoms with Gasteiger partial charge < -0.3 is 14.6 Å². The predicted molar refractivity (Wildman–Crippen MR) is 108 cm³/mol. The zero-order chi connectivity index (χ0) is 22.2. The van der Waals surface area contributed by atoms with Crippen molar-refractivity contribution in [3.05, 3.63) is 64.6 Å². The second kappa shape index (κ2) is 8.39. The van der Waals surface area contributed by atoms with Gasteiger partial charge in [0.05, 0.1) is 17.8 Å². The van der Waals surface area contributed by atoms with Gasteiger partial charge in [-0.15, -0.1) is 0 Å². The Morgan fingerprint density at radius 2 is 1.81 bits per heavy atom. The van der Waals surface area contributed by atoms with E-state index in [4.69, 9.17) is 16.0 Å². The Hall–Kier alpha value is -2.78. The highest BCUT2D eigenvalue weighted by atomic mass is 35.5. The minimum atomic E-state index is -4.62. The number of carbonyl (C=O) groups is 1. The summed E-state index contributed by atoms with van der Waals surface area (Å²) in [5.74, 6) is -0.161. The van der Waals surface area contributed by atoms with Crippen LogP contribution in [0.3, 0.4) is 0 Å². The normalized spacial score (nSPS) is 15.5. The number of nitrogens with one attached hydrogen (secondary N) is 1. The van der Waals surface area contributed by atoms with Crippen LogP contribution >= 0.6 is 11.6 Å². The largest absolute Gasteiger partial charge is 0.460 e. The summed E-state index contributed by atoms with van der Waals surface area (Å²) in [5.41, 5.74) is -0.787. The number of anilines is 1. The van der Waals surface area contributed by atoms with Gasteiger partial charge in [-0.05, 0) is 42.5 Å². The van der Waals surface area contributed by atoms with E-state index in [0.29, 0.717) is 55.9 Å². The Kier molecular flexibility index (Phi) is 5.81. The fourth-order valence-electron chi connectivity index (χ4n) is 3.47. The summed E-state index contributed by atoms with van der Waals surface area (Å²) in [7, 11) is 0. The third-order valence-corrected chi connectivity index (χ3v) is 5.34. The van der Waals surface area contributed by atoms with Gasteiger partial charge in [-0.2, -0.15) is 13.2 Å². The highest BCUT2D eigenvalue weighted by Gasteiger charge is 2.31. The number of halogens is 5. The van der Waals surface area contributed by atoms with Crippen molar-refractivity contribution in [1.29, 1.82) is 0 Å². The minimum Gasteiger partial charge on any atom is -0.460 e. The quantitative estimate of drug-likeness (QED) is 0.523. The number of rotatable bonds is 3. The number of nitrogens with zero attached hydrogens (tertiary/aromatic N) is 2. The van der Waals surface area contributed by atoms with Crippen LogP contribution < -0.4 is 5.32 Å². The third-order valence-electron chi connectivity index (χ3n) is 5.10. The first-order chi connectivity index (χ1) is 14.7. The van der Waals surface area contributed by atoms with Gasteiger partial charge in [0.15, 0.2) is 0 Å². The lowest BCUT2D eigenvalue weighted by atomic mass is 10.2. The molecule has 4 rings (SSSR count). The molecule has 0 saturated carbocycles. The molecule has 0 bridgehead atoms. The van der Waals surface area contributed by atoms with Crippen molar-refractivity contribution < 1.29 is 26.8 Å². The molecule has 1 saturated heterocycles. The predicted octanol–water partition coefficient (Wildman–Crippen LogP) is 5.59. The van der Waals surface area contributed by atoms with Gasteiger partial charge >= 0.3 is 12.2 Å². The van der Waals surface area contributed by atoms with Gasteiger partial charge in [-0.25, -0.2) is 9.18 Å². The molecule has 1 aliphatic heterocycles. The maximum Gasteiger partial charge on any atom is 0.416 e. The molecule has 0 radical (unpaired) electrons. The standard InChI is InChI=1S/C21H18ClF4N3O2/c22-15-2-4-19-13(9-15)10-16(31-19)12-28-5-7-29(8-6-28)20(30)27-18-11-14(21(24,25)26)1-3-17(18)23/h1-4,9-11H,5-8,12H2,(H,27,30). The molecule has 1 N–H and O–H groups in total. The monoisotopic (exact) mass is 455 g/mol. The van der Waals surface area contributed by atoms with Crippen LogP contribution in [0.25, 0.3) is 11.0 Å². The van der Waals surface area contributed by atoms with Crippen LogP contribution in [0.4, 0.5) is 28.0 Å². The summed E-state index contributed by atoms with van der Waals surface area (Å²) in [6.07, 6.45) is -4.62. The molecule has 0 atom stereocenters. The molecule has 5 nitrogen and oxygen atoms in total. The fraction of sp³-hybridized carbons (Fsp3) is 0.286. The number of benzene rings is 2. The molecular weight excluding hydrogens is 438 g/mol. The molecule has 3 aromatic rings. The molecule has 0 aliphatic carbocycles. The SMILES string of the molecule is O=C(Nc1cc(C(F)(F)F)ccc1F)N1CCN(Cc2cc3cc(Cl)ccc3o2)CC1. The van der Waals surface area contributed by atoms with Crippen molar-refractivity contribution in [2.45, 2.75) is 12.7 Å². The first-order valence-electron chi connectivity index (χ1n) is 9.52. The van der Waals surface area contributed by atoms with Crippen LogP contribution in [0, 0.1) is 5.82 Å². The number of furan rings is 1. The Balaban J connectivity index is 1.34. The van der Waals surface area contributed by atoms with Crippen LogP contribution in [-0.4, -0.2) is 42.0 Å². The van der Waals surface area contributed by atoms with Crippen molar-refractivity contribution in [2.24, 2.45) is 0 Å². The molecule has 1 aliphatic rings. The number of carbonyl (C=O) groups excluding carboxylic acids is 1. The number of amides is 2. The Bertz CT molecular complexity index is 1110. The molecule has 31 heavy (non-hydrogen) atoms. The smallest absolute Gasteiger partial charge is 0.416 e. The second-order valence-electron chi connectivity index (χ2n) is 7.28. The summed E-state index contributed by atoms with van der Waals surface area (Å²) < 4.78 is 58.2. The Labute approximate surface area is 180 Å². The highest BCUT2D eigenvalue weighted by molar-refractivity contribution is 6.31. The van der Waals surface area contributed by atoms with E-state index < -0.39 is 29.3 Å². The van der Waals surface area contributed by atoms with Crippen LogP contribution in [-0.2, 0) is 12.7 Å². The summed E-state index contributed by atoms with van der Waals surface area (Å²) in [5, 5.41) is 3.77. The van der Waals surface area contributed by atoms with Gasteiger partial charge in [0, 0.05) is 36.6 Å². The molecule has 10 heteroatoms. The summed E-state index contributed by atoms with van der Waals surface area (Å²) in [4.78, 5) is 15.9. The second-order valence-corrected chi connectivity index (χ2v) is 7.72. The van der Waals surface area contributed by atoms with Crippen molar-refractivity contribution in [3.8, 4) is 0 Å². The van der Waals surface area contributed by atoms with E-state index in [2.05, 4.69) is 10.2 Å². The Morgan fingerprint density at radius 3 is 2.52 bits per heavy atom. The lowest BCUT2D eigenvalue weighted by molar-refractivity contribution is -0.137. The molecule has 2 aromatic carbocycles. The maximum absolute atomic E-state index is 13.9. The van der Waals surface area contributed by atoms with Crippen LogP contribution in [0.15, 0.2) is 46.9 Å². The first-order valence-corrected chi connectivity index (χ1v) is 9.90. The minimum absolute atomic E-state index is 0.346. The van der Waals surface area contributed by atoms with E-state index in [1.165, 1.54) is 4.90 Å². The first kappa shape index (κ1) is 21.5. The molecule has 2 amide bonds. The molecule has 1 fully saturated rings. The van der Waals surface area contributed by atoms with Gasteiger partial charge in [-0.3, -0.25) is 4.90 Å². The molecule has 2 heterocycles. The van der Waals surface area contributed by atoms with Gasteiger partial charge in [0.25, 0.3) is 0 Å². The number of hydrogen-bond donors (Lipinski definition) is 1. The molecule has 1 aromatic heterocycles. The van der Waals surface area contributed by atoms with E-state index >= 15 is 0 Å². The number of alkyl halides is 3. The summed E-state index contributed by atoms with van der Waals surface area (Å²) in [6, 6.07) is 8.56. The van der Waals surface area contributed by atoms with Crippen molar-refractivity contribution in [3.63, 3.8) is 0 Å². The van der Waals surface area contributed by atoms with E-state index in [9.17, 15) is 22.4 Å². The van der Waals surface area contributed by atoms with E-state index in [1.807, 2.05) is 12.1 Å². The van der Waals surface area contributed by atoms with Crippen LogP contribution in [0.2, 0.25) is 5.02 Å². The average molecular weight is 456 g/mol. The van der Waals surface area contributed by atoms with Gasteiger partial charge in [0.2, 0.25) is 0 Å². The zero-order valence-electron chi connectivity index (χ0n) is 16.2. The lowest BCUT2D eigenvalue weighted by Gasteiger charge is -2.34. The van der Waals surface area contributed by atoms with E-state index in [-0.39, 0.29) is 0 Å². The van der Waals surface area contributed by atoms with Crippen LogP contribution in [0.1, 0.15) is 11.3 Å². The molecule has 0 unspecified atom stereocenters. The Morgan fingerprint density at radius 1 is 1.06 bits per heavy atom. The number of piperazine rings is 1. The topological polar surface area (TPSA) is 48.7 Å². The number of hydrogen-bond acceptors (Lipinski definition) is 3. The number of fused-ring (bicyclic) bond motifs is 1. The van der Waals surface area contributed by atoms with Gasteiger partial charge in [0.1, 0.15) is 17.2 Å². The average Bonchev–Trinajstić information content (AvgIpc) is 3.10. The number of urea groups is 1. The van der Waals surface area contributed by atoms with Gasteiger partial charge in [-0.1, -0.05) is 11.6 Å². The van der Waals surface area contributed by atoms with Crippen LogP contribution in [0.5, 0.6) is 0 Å². The molecular formula is C21H18ClF4N3O2. The fourth-order valence-corrected chi connectivity index (χ4v) is 3.65. The van der Waals surface area contributed by atoms with Crippen molar-refractivity contribution in [2.75, 3.05) is 31.5 Å². The van der Waals surface area contributed by atoms with Crippen molar-refractivity contribution in [1.82, 2.24) is 9.80 Å².